The van der Waals surface area contributed by atoms with E-state index in [1.807, 2.05) is 0 Å². The molecule has 6 heteroatoms. The predicted molar refractivity (Wildman–Crippen MR) is 75.8 cm³/mol. The van der Waals surface area contributed by atoms with Crippen LogP contribution < -0.4 is 5.73 Å². The smallest absolute Gasteiger partial charge is 0.274 e. The number of nitro groups is 1. The predicted octanol–water partition coefficient (Wildman–Crippen LogP) is 2.69. The molecular weight excluding hydrogens is 280 g/mol. The Bertz CT molecular complexity index is 551. The molecule has 2 fully saturated rings. The van der Waals surface area contributed by atoms with E-state index in [0.717, 1.165) is 19.3 Å². The Morgan fingerprint density at radius 1 is 1.50 bits per heavy atom. The molecule has 2 heterocycles. The lowest BCUT2D eigenvalue weighted by Crippen LogP contribution is -2.41. The van der Waals surface area contributed by atoms with Crippen molar-refractivity contribution in [3.8, 4) is 0 Å². The van der Waals surface area contributed by atoms with Crippen LogP contribution >= 0.6 is 11.6 Å². The minimum absolute atomic E-state index is 0.0769. The van der Waals surface area contributed by atoms with E-state index in [-0.39, 0.29) is 28.2 Å². The highest BCUT2D eigenvalue weighted by atomic mass is 35.5. The van der Waals surface area contributed by atoms with E-state index in [0.29, 0.717) is 23.6 Å². The van der Waals surface area contributed by atoms with Crippen LogP contribution in [-0.2, 0) is 11.2 Å². The maximum Gasteiger partial charge on any atom is 0.274 e. The van der Waals surface area contributed by atoms with Gasteiger partial charge in [-0.25, -0.2) is 0 Å². The van der Waals surface area contributed by atoms with Crippen molar-refractivity contribution in [3.05, 3.63) is 38.9 Å². The molecular formula is C14H17ClN2O3. The van der Waals surface area contributed by atoms with Crippen LogP contribution in [-0.4, -0.2) is 23.7 Å². The Labute approximate surface area is 122 Å². The molecule has 3 rings (SSSR count). The Hall–Kier alpha value is -1.17. The average molecular weight is 297 g/mol. The van der Waals surface area contributed by atoms with Crippen molar-refractivity contribution in [2.75, 3.05) is 6.54 Å². The lowest BCUT2D eigenvalue weighted by molar-refractivity contribution is -0.385. The number of nitrogens with zero attached hydrogens (tertiary/aromatic N) is 1. The van der Waals surface area contributed by atoms with Crippen molar-refractivity contribution in [1.82, 2.24) is 0 Å². The maximum atomic E-state index is 11.2. The van der Waals surface area contributed by atoms with Gasteiger partial charge in [-0.2, -0.15) is 0 Å². The molecule has 0 radical (unpaired) electrons. The van der Waals surface area contributed by atoms with Gasteiger partial charge in [0.25, 0.3) is 5.69 Å². The number of nitro benzene ring substituents is 1. The first kappa shape index (κ1) is 13.8. The SMILES string of the molecule is NCC1(Cc2ccc(Cl)cc2[N+](=O)[O-])CC2CCC1O2. The van der Waals surface area contributed by atoms with E-state index < -0.39 is 0 Å². The Kier molecular flexibility index (Phi) is 3.44. The largest absolute Gasteiger partial charge is 0.374 e. The maximum absolute atomic E-state index is 11.2. The van der Waals surface area contributed by atoms with E-state index in [1.54, 1.807) is 12.1 Å². The van der Waals surface area contributed by atoms with Gasteiger partial charge in [-0.3, -0.25) is 10.1 Å². The summed E-state index contributed by atoms with van der Waals surface area (Å²) in [7, 11) is 0. The average Bonchev–Trinajstić information content (AvgIpc) is 3.01. The third-order valence-electron chi connectivity index (χ3n) is 4.62. The quantitative estimate of drug-likeness (QED) is 0.684. The van der Waals surface area contributed by atoms with Crippen LogP contribution in [0, 0.1) is 15.5 Å². The van der Waals surface area contributed by atoms with Gasteiger partial charge in [0, 0.05) is 28.6 Å². The number of rotatable bonds is 4. The molecule has 0 aromatic heterocycles. The highest BCUT2D eigenvalue weighted by Crippen LogP contribution is 2.49. The number of hydrogen-bond donors (Lipinski definition) is 1. The van der Waals surface area contributed by atoms with Gasteiger partial charge in [-0.05, 0) is 31.7 Å². The minimum Gasteiger partial charge on any atom is -0.374 e. The number of fused-ring (bicyclic) bond motifs is 2. The van der Waals surface area contributed by atoms with Gasteiger partial charge < -0.3 is 10.5 Å². The summed E-state index contributed by atoms with van der Waals surface area (Å²) >= 11 is 5.86. The summed E-state index contributed by atoms with van der Waals surface area (Å²) in [6.45, 7) is 0.494. The lowest BCUT2D eigenvalue weighted by atomic mass is 9.70. The molecule has 3 atom stereocenters. The van der Waals surface area contributed by atoms with E-state index in [2.05, 4.69) is 0 Å². The molecule has 108 valence electrons. The summed E-state index contributed by atoms with van der Waals surface area (Å²) in [5.41, 5.74) is 6.59. The monoisotopic (exact) mass is 296 g/mol. The van der Waals surface area contributed by atoms with Gasteiger partial charge in [0.05, 0.1) is 17.1 Å². The zero-order chi connectivity index (χ0) is 14.3. The molecule has 5 nitrogen and oxygen atoms in total. The van der Waals surface area contributed by atoms with Crippen molar-refractivity contribution in [2.24, 2.45) is 11.1 Å². The fourth-order valence-electron chi connectivity index (χ4n) is 3.60. The molecule has 2 N–H and O–H groups in total. The lowest BCUT2D eigenvalue weighted by Gasteiger charge is -2.34. The van der Waals surface area contributed by atoms with Crippen LogP contribution in [0.3, 0.4) is 0 Å². The van der Waals surface area contributed by atoms with Crippen LogP contribution in [0.5, 0.6) is 0 Å². The van der Waals surface area contributed by atoms with Crippen LogP contribution in [0.1, 0.15) is 24.8 Å². The molecule has 2 bridgehead atoms. The van der Waals surface area contributed by atoms with Crippen molar-refractivity contribution in [1.29, 1.82) is 0 Å². The van der Waals surface area contributed by atoms with Crippen molar-refractivity contribution in [3.63, 3.8) is 0 Å². The van der Waals surface area contributed by atoms with E-state index in [1.165, 1.54) is 6.07 Å². The van der Waals surface area contributed by atoms with Gasteiger partial charge in [0.15, 0.2) is 0 Å². The summed E-state index contributed by atoms with van der Waals surface area (Å²) in [5.74, 6) is 0. The Balaban J connectivity index is 1.92. The highest BCUT2D eigenvalue weighted by molar-refractivity contribution is 6.30. The topological polar surface area (TPSA) is 78.4 Å². The fourth-order valence-corrected chi connectivity index (χ4v) is 3.77. The first-order valence-corrected chi connectivity index (χ1v) is 7.20. The molecule has 2 saturated heterocycles. The van der Waals surface area contributed by atoms with Crippen molar-refractivity contribution >= 4 is 17.3 Å². The van der Waals surface area contributed by atoms with Crippen LogP contribution in [0.25, 0.3) is 0 Å². The zero-order valence-electron chi connectivity index (χ0n) is 11.0. The molecule has 2 aliphatic heterocycles. The number of halogens is 1. The third kappa shape index (κ3) is 2.20. The van der Waals surface area contributed by atoms with Crippen molar-refractivity contribution in [2.45, 2.75) is 37.9 Å². The highest BCUT2D eigenvalue weighted by Gasteiger charge is 2.51. The molecule has 0 spiro atoms. The van der Waals surface area contributed by atoms with Crippen LogP contribution in [0.15, 0.2) is 18.2 Å². The Morgan fingerprint density at radius 3 is 2.85 bits per heavy atom. The molecule has 0 saturated carbocycles. The summed E-state index contributed by atoms with van der Waals surface area (Å²) < 4.78 is 5.90. The van der Waals surface area contributed by atoms with Crippen molar-refractivity contribution < 1.29 is 9.66 Å². The second-order valence-electron chi connectivity index (χ2n) is 5.80. The van der Waals surface area contributed by atoms with E-state index in [9.17, 15) is 10.1 Å². The van der Waals surface area contributed by atoms with Crippen LogP contribution in [0.4, 0.5) is 5.69 Å². The number of nitrogens with two attached hydrogens (primary N) is 1. The summed E-state index contributed by atoms with van der Waals surface area (Å²) in [4.78, 5) is 10.8. The zero-order valence-corrected chi connectivity index (χ0v) is 11.8. The summed E-state index contributed by atoms with van der Waals surface area (Å²) in [6.07, 6.45) is 3.97. The number of benzene rings is 1. The molecule has 0 amide bonds. The molecule has 1 aromatic carbocycles. The third-order valence-corrected chi connectivity index (χ3v) is 4.85. The minimum atomic E-state index is -0.376. The fraction of sp³-hybridized carbons (Fsp3) is 0.571. The second kappa shape index (κ2) is 4.98. The molecule has 20 heavy (non-hydrogen) atoms. The summed E-state index contributed by atoms with van der Waals surface area (Å²) in [6, 6.07) is 4.85. The van der Waals surface area contributed by atoms with Gasteiger partial charge in [0.2, 0.25) is 0 Å². The van der Waals surface area contributed by atoms with Crippen LogP contribution in [0.2, 0.25) is 5.02 Å². The molecule has 3 unspecified atom stereocenters. The Morgan fingerprint density at radius 2 is 2.30 bits per heavy atom. The van der Waals surface area contributed by atoms with Gasteiger partial charge >= 0.3 is 0 Å². The molecule has 2 aliphatic rings. The van der Waals surface area contributed by atoms with Gasteiger partial charge in [-0.15, -0.1) is 0 Å². The second-order valence-corrected chi connectivity index (χ2v) is 6.24. The normalized spacial score (nSPS) is 31.7. The molecule has 0 aliphatic carbocycles. The summed E-state index contributed by atoms with van der Waals surface area (Å²) in [5, 5.41) is 11.6. The van der Waals surface area contributed by atoms with Gasteiger partial charge in [-0.1, -0.05) is 17.7 Å². The first-order chi connectivity index (χ1) is 9.54. The molecule has 1 aromatic rings. The standard InChI is InChI=1S/C14H17ClN2O3/c15-10-2-1-9(12(5-10)17(18)19)6-14(8-16)7-11-3-4-13(14)20-11/h1-2,5,11,13H,3-4,6-8,16H2. The van der Waals surface area contributed by atoms with E-state index in [4.69, 9.17) is 22.1 Å². The number of ether oxygens (including phenoxy) is 1. The number of hydrogen-bond acceptors (Lipinski definition) is 4. The van der Waals surface area contributed by atoms with E-state index >= 15 is 0 Å². The first-order valence-electron chi connectivity index (χ1n) is 6.82. The van der Waals surface area contributed by atoms with Gasteiger partial charge in [0.1, 0.15) is 0 Å².